The molecule has 1 aliphatic heterocycles. The minimum Gasteiger partial charge on any atom is -0.339 e. The predicted molar refractivity (Wildman–Crippen MR) is 79.7 cm³/mol. The third-order valence-electron chi connectivity index (χ3n) is 3.07. The van der Waals surface area contributed by atoms with Gasteiger partial charge < -0.3 is 10.2 Å². The predicted octanol–water partition coefficient (Wildman–Crippen LogP) is 2.59. The van der Waals surface area contributed by atoms with E-state index in [-0.39, 0.29) is 5.91 Å². The van der Waals surface area contributed by atoms with Crippen molar-refractivity contribution in [1.29, 1.82) is 0 Å². The van der Waals surface area contributed by atoms with Crippen LogP contribution in [0.5, 0.6) is 0 Å². The SMILES string of the molecule is CNCC1CCN(C(=O)C=Cc2ccc(Br)s2)C1. The fourth-order valence-corrected chi connectivity index (χ4v) is 3.49. The molecule has 3 nitrogen and oxygen atoms in total. The van der Waals surface area contributed by atoms with Crippen molar-refractivity contribution in [3.63, 3.8) is 0 Å². The molecule has 0 spiro atoms. The number of nitrogens with one attached hydrogen (secondary N) is 1. The van der Waals surface area contributed by atoms with Gasteiger partial charge in [0.1, 0.15) is 0 Å². The zero-order valence-electron chi connectivity index (χ0n) is 10.4. The number of likely N-dealkylation sites (tertiary alicyclic amines) is 1. The van der Waals surface area contributed by atoms with E-state index >= 15 is 0 Å². The number of amides is 1. The van der Waals surface area contributed by atoms with Crippen molar-refractivity contribution in [1.82, 2.24) is 10.2 Å². The molecule has 1 aliphatic rings. The number of hydrogen-bond acceptors (Lipinski definition) is 3. The van der Waals surface area contributed by atoms with E-state index in [4.69, 9.17) is 0 Å². The van der Waals surface area contributed by atoms with Gasteiger partial charge in [0.05, 0.1) is 3.79 Å². The van der Waals surface area contributed by atoms with Crippen molar-refractivity contribution in [2.45, 2.75) is 6.42 Å². The van der Waals surface area contributed by atoms with Crippen LogP contribution in [0.4, 0.5) is 0 Å². The molecule has 0 saturated carbocycles. The van der Waals surface area contributed by atoms with Crippen molar-refractivity contribution in [2.75, 3.05) is 26.7 Å². The van der Waals surface area contributed by atoms with Crippen LogP contribution >= 0.6 is 27.3 Å². The standard InChI is InChI=1S/C13H17BrN2OS/c1-15-8-10-6-7-16(9-10)13(17)5-3-11-2-4-12(14)18-11/h2-5,10,15H,6-9H2,1H3. The molecule has 98 valence electrons. The molecule has 0 radical (unpaired) electrons. The Morgan fingerprint density at radius 2 is 2.50 bits per heavy atom. The molecule has 1 fully saturated rings. The summed E-state index contributed by atoms with van der Waals surface area (Å²) in [5.41, 5.74) is 0. The Balaban J connectivity index is 1.87. The van der Waals surface area contributed by atoms with E-state index in [2.05, 4.69) is 21.2 Å². The minimum atomic E-state index is 0.123. The van der Waals surface area contributed by atoms with Gasteiger partial charge in [0.2, 0.25) is 5.91 Å². The fourth-order valence-electron chi connectivity index (χ4n) is 2.16. The van der Waals surface area contributed by atoms with Crippen molar-refractivity contribution in [3.05, 3.63) is 26.9 Å². The molecule has 1 amide bonds. The summed E-state index contributed by atoms with van der Waals surface area (Å²) >= 11 is 5.04. The number of halogens is 1. The summed E-state index contributed by atoms with van der Waals surface area (Å²) in [5, 5.41) is 3.17. The highest BCUT2D eigenvalue weighted by molar-refractivity contribution is 9.11. The van der Waals surface area contributed by atoms with Crippen molar-refractivity contribution in [3.8, 4) is 0 Å². The number of carbonyl (C=O) groups excluding carboxylic acids is 1. The summed E-state index contributed by atoms with van der Waals surface area (Å²) in [7, 11) is 1.96. The van der Waals surface area contributed by atoms with Gasteiger partial charge in [-0.3, -0.25) is 4.79 Å². The molecule has 1 aromatic heterocycles. The van der Waals surface area contributed by atoms with Gasteiger partial charge in [0.15, 0.2) is 0 Å². The molecule has 0 aromatic carbocycles. The molecule has 2 heterocycles. The Hall–Kier alpha value is -0.650. The molecule has 1 aromatic rings. The van der Waals surface area contributed by atoms with Crippen LogP contribution in [0.25, 0.3) is 6.08 Å². The maximum Gasteiger partial charge on any atom is 0.246 e. The van der Waals surface area contributed by atoms with Gasteiger partial charge >= 0.3 is 0 Å². The Morgan fingerprint density at radius 3 is 3.17 bits per heavy atom. The molecule has 0 aliphatic carbocycles. The zero-order valence-corrected chi connectivity index (χ0v) is 12.8. The van der Waals surface area contributed by atoms with Crippen LogP contribution < -0.4 is 5.32 Å². The summed E-state index contributed by atoms with van der Waals surface area (Å²) in [6.45, 7) is 2.74. The lowest BCUT2D eigenvalue weighted by molar-refractivity contribution is -0.125. The third-order valence-corrected chi connectivity index (χ3v) is 4.66. The number of nitrogens with zero attached hydrogens (tertiary/aromatic N) is 1. The van der Waals surface area contributed by atoms with Gasteiger partial charge in [-0.05, 0) is 60.1 Å². The number of carbonyl (C=O) groups is 1. The first kappa shape index (κ1) is 13.8. The Kier molecular flexibility index (Phi) is 4.97. The Labute approximate surface area is 120 Å². The first-order valence-electron chi connectivity index (χ1n) is 6.06. The first-order valence-corrected chi connectivity index (χ1v) is 7.67. The monoisotopic (exact) mass is 328 g/mol. The lowest BCUT2D eigenvalue weighted by Gasteiger charge is -2.14. The van der Waals surface area contributed by atoms with Crippen LogP contribution in [-0.4, -0.2) is 37.5 Å². The highest BCUT2D eigenvalue weighted by atomic mass is 79.9. The van der Waals surface area contributed by atoms with E-state index in [1.165, 1.54) is 0 Å². The first-order chi connectivity index (χ1) is 8.69. The average Bonchev–Trinajstić information content (AvgIpc) is 2.96. The smallest absolute Gasteiger partial charge is 0.246 e. The van der Waals surface area contributed by atoms with Gasteiger partial charge in [-0.2, -0.15) is 0 Å². The van der Waals surface area contributed by atoms with Crippen LogP contribution in [0.1, 0.15) is 11.3 Å². The highest BCUT2D eigenvalue weighted by Crippen LogP contribution is 2.23. The Morgan fingerprint density at radius 1 is 1.67 bits per heavy atom. The summed E-state index contributed by atoms with van der Waals surface area (Å²) in [6, 6.07) is 4.00. The highest BCUT2D eigenvalue weighted by Gasteiger charge is 2.24. The van der Waals surface area contributed by atoms with Gasteiger partial charge in [0, 0.05) is 24.0 Å². The molecule has 5 heteroatoms. The number of rotatable bonds is 4. The van der Waals surface area contributed by atoms with E-state index in [9.17, 15) is 4.79 Å². The van der Waals surface area contributed by atoms with E-state index < -0.39 is 0 Å². The van der Waals surface area contributed by atoms with E-state index in [1.54, 1.807) is 17.4 Å². The van der Waals surface area contributed by atoms with E-state index in [1.807, 2.05) is 30.2 Å². The van der Waals surface area contributed by atoms with Gasteiger partial charge in [-0.25, -0.2) is 0 Å². The van der Waals surface area contributed by atoms with Crippen molar-refractivity contribution < 1.29 is 4.79 Å². The zero-order chi connectivity index (χ0) is 13.0. The van der Waals surface area contributed by atoms with E-state index in [0.29, 0.717) is 5.92 Å². The van der Waals surface area contributed by atoms with Crippen LogP contribution in [0.3, 0.4) is 0 Å². The van der Waals surface area contributed by atoms with Gasteiger partial charge in [-0.15, -0.1) is 11.3 Å². The number of hydrogen-bond donors (Lipinski definition) is 1. The fraction of sp³-hybridized carbons (Fsp3) is 0.462. The summed E-state index contributed by atoms with van der Waals surface area (Å²) in [5.74, 6) is 0.723. The minimum absolute atomic E-state index is 0.123. The molecule has 1 saturated heterocycles. The molecule has 0 bridgehead atoms. The van der Waals surface area contributed by atoms with Crippen molar-refractivity contribution >= 4 is 39.2 Å². The quantitative estimate of drug-likeness (QED) is 0.861. The lowest BCUT2D eigenvalue weighted by atomic mass is 10.1. The second-order valence-corrected chi connectivity index (χ2v) is 6.97. The van der Waals surface area contributed by atoms with Gasteiger partial charge in [-0.1, -0.05) is 0 Å². The summed E-state index contributed by atoms with van der Waals surface area (Å²) in [6.07, 6.45) is 4.67. The van der Waals surface area contributed by atoms with Crippen LogP contribution in [-0.2, 0) is 4.79 Å². The molecular formula is C13H17BrN2OS. The molecule has 1 unspecified atom stereocenters. The third kappa shape index (κ3) is 3.67. The van der Waals surface area contributed by atoms with E-state index in [0.717, 1.165) is 34.7 Å². The van der Waals surface area contributed by atoms with Crippen LogP contribution in [0.2, 0.25) is 0 Å². The second-order valence-electron chi connectivity index (χ2n) is 4.47. The molecular weight excluding hydrogens is 312 g/mol. The Bertz CT molecular complexity index is 444. The molecule has 1 N–H and O–H groups in total. The lowest BCUT2D eigenvalue weighted by Crippen LogP contribution is -2.28. The molecule has 1 atom stereocenters. The summed E-state index contributed by atoms with van der Waals surface area (Å²) in [4.78, 5) is 15.0. The van der Waals surface area contributed by atoms with Crippen molar-refractivity contribution in [2.24, 2.45) is 5.92 Å². The number of thiophene rings is 1. The topological polar surface area (TPSA) is 32.3 Å². The molecule has 18 heavy (non-hydrogen) atoms. The average molecular weight is 329 g/mol. The van der Waals surface area contributed by atoms with Crippen LogP contribution in [0.15, 0.2) is 22.0 Å². The second kappa shape index (κ2) is 6.50. The normalized spacial score (nSPS) is 19.9. The van der Waals surface area contributed by atoms with Gasteiger partial charge in [0.25, 0.3) is 0 Å². The summed E-state index contributed by atoms with van der Waals surface area (Å²) < 4.78 is 1.09. The maximum atomic E-state index is 12.0. The maximum absolute atomic E-state index is 12.0. The van der Waals surface area contributed by atoms with Crippen LogP contribution in [0, 0.1) is 5.92 Å². The molecule has 2 rings (SSSR count). The largest absolute Gasteiger partial charge is 0.339 e.